The molecular weight excluding hydrogens is 419 g/mol. The fourth-order valence-electron chi connectivity index (χ4n) is 3.95. The number of hydrogen-bond acceptors (Lipinski definition) is 2. The van der Waals surface area contributed by atoms with E-state index >= 15 is 0 Å². The first-order valence-corrected chi connectivity index (χ1v) is 11.3. The van der Waals surface area contributed by atoms with Gasteiger partial charge in [-0.1, -0.05) is 67.2 Å². The lowest BCUT2D eigenvalue weighted by Crippen LogP contribution is -2.51. The molecule has 2 amide bonds. The Morgan fingerprint density at radius 1 is 0.967 bits per heavy atom. The Bertz CT molecular complexity index is 847. The van der Waals surface area contributed by atoms with Gasteiger partial charge in [0.05, 0.1) is 6.42 Å². The second-order valence-corrected chi connectivity index (χ2v) is 8.74. The van der Waals surface area contributed by atoms with Gasteiger partial charge in [0.2, 0.25) is 11.8 Å². The lowest BCUT2D eigenvalue weighted by Gasteiger charge is -2.31. The van der Waals surface area contributed by atoms with Gasteiger partial charge >= 0.3 is 0 Å². The largest absolute Gasteiger partial charge is 0.352 e. The van der Waals surface area contributed by atoms with E-state index in [0.29, 0.717) is 23.0 Å². The Labute approximate surface area is 188 Å². The van der Waals surface area contributed by atoms with Crippen molar-refractivity contribution in [3.8, 4) is 0 Å². The number of carbonyl (C=O) groups excluding carboxylic acids is 2. The molecule has 1 N–H and O–H groups in total. The van der Waals surface area contributed by atoms with Crippen LogP contribution >= 0.6 is 23.2 Å². The molecule has 1 saturated carbocycles. The maximum atomic E-state index is 13.3. The first-order chi connectivity index (χ1) is 14.5. The molecule has 0 unspecified atom stereocenters. The normalized spacial score (nSPS) is 15.0. The monoisotopic (exact) mass is 446 g/mol. The SMILES string of the molecule is CC[C@@H](C(=O)NC1CCCC1)N(Cc1ccc(Cl)cc1)C(=O)Cc1ccc(Cl)cc1. The van der Waals surface area contributed by atoms with Crippen LogP contribution in [0.1, 0.15) is 50.2 Å². The molecule has 0 radical (unpaired) electrons. The fraction of sp³-hybridized carbons (Fsp3) is 0.417. The minimum absolute atomic E-state index is 0.0668. The van der Waals surface area contributed by atoms with Crippen molar-refractivity contribution in [2.45, 2.75) is 64.1 Å². The molecule has 1 atom stereocenters. The van der Waals surface area contributed by atoms with Gasteiger partial charge in [0.1, 0.15) is 6.04 Å². The van der Waals surface area contributed by atoms with E-state index < -0.39 is 6.04 Å². The summed E-state index contributed by atoms with van der Waals surface area (Å²) >= 11 is 12.0. The summed E-state index contributed by atoms with van der Waals surface area (Å²) in [6.07, 6.45) is 5.09. The van der Waals surface area contributed by atoms with E-state index in [1.54, 1.807) is 29.2 Å². The van der Waals surface area contributed by atoms with Crippen molar-refractivity contribution in [3.05, 3.63) is 69.7 Å². The summed E-state index contributed by atoms with van der Waals surface area (Å²) in [4.78, 5) is 28.1. The molecule has 0 aliphatic heterocycles. The number of benzene rings is 2. The van der Waals surface area contributed by atoms with Gasteiger partial charge in [-0.25, -0.2) is 0 Å². The van der Waals surface area contributed by atoms with Gasteiger partial charge in [-0.15, -0.1) is 0 Å². The molecule has 2 aromatic carbocycles. The topological polar surface area (TPSA) is 49.4 Å². The number of hydrogen-bond donors (Lipinski definition) is 1. The third kappa shape index (κ3) is 6.23. The molecule has 1 aliphatic carbocycles. The van der Waals surface area contributed by atoms with Crippen LogP contribution in [-0.2, 0) is 22.6 Å². The Balaban J connectivity index is 1.80. The van der Waals surface area contributed by atoms with E-state index in [4.69, 9.17) is 23.2 Å². The average molecular weight is 447 g/mol. The highest BCUT2D eigenvalue weighted by Crippen LogP contribution is 2.20. The van der Waals surface area contributed by atoms with Crippen molar-refractivity contribution < 1.29 is 9.59 Å². The predicted octanol–water partition coefficient (Wildman–Crippen LogP) is 5.40. The first kappa shape index (κ1) is 22.6. The van der Waals surface area contributed by atoms with Gasteiger partial charge < -0.3 is 10.2 Å². The molecule has 30 heavy (non-hydrogen) atoms. The summed E-state index contributed by atoms with van der Waals surface area (Å²) in [6, 6.07) is 14.3. The number of rotatable bonds is 8. The van der Waals surface area contributed by atoms with Gasteiger partial charge in [0, 0.05) is 22.6 Å². The van der Waals surface area contributed by atoms with E-state index in [0.717, 1.165) is 36.8 Å². The van der Waals surface area contributed by atoms with Crippen molar-refractivity contribution in [1.82, 2.24) is 10.2 Å². The maximum Gasteiger partial charge on any atom is 0.243 e. The smallest absolute Gasteiger partial charge is 0.243 e. The van der Waals surface area contributed by atoms with Crippen LogP contribution in [0.5, 0.6) is 0 Å². The zero-order valence-corrected chi connectivity index (χ0v) is 18.8. The second-order valence-electron chi connectivity index (χ2n) is 7.87. The predicted molar refractivity (Wildman–Crippen MR) is 122 cm³/mol. The van der Waals surface area contributed by atoms with Crippen molar-refractivity contribution in [2.24, 2.45) is 0 Å². The van der Waals surface area contributed by atoms with Crippen LogP contribution in [0.3, 0.4) is 0 Å². The summed E-state index contributed by atoms with van der Waals surface area (Å²) in [7, 11) is 0. The standard InChI is InChI=1S/C24H28Cl2N2O2/c1-2-22(24(30)27-21-5-3-4-6-21)28(16-18-9-13-20(26)14-10-18)23(29)15-17-7-11-19(25)12-8-17/h7-14,21-22H,2-6,15-16H2,1H3,(H,27,30)/t22-/m0/s1. The number of nitrogens with zero attached hydrogens (tertiary/aromatic N) is 1. The van der Waals surface area contributed by atoms with Crippen molar-refractivity contribution in [3.63, 3.8) is 0 Å². The molecule has 3 rings (SSSR count). The Morgan fingerprint density at radius 2 is 1.50 bits per heavy atom. The number of nitrogens with one attached hydrogen (secondary N) is 1. The molecule has 4 nitrogen and oxygen atoms in total. The Morgan fingerprint density at radius 3 is 2.03 bits per heavy atom. The van der Waals surface area contributed by atoms with E-state index in [1.165, 1.54) is 0 Å². The second kappa shape index (κ2) is 10.8. The quantitative estimate of drug-likeness (QED) is 0.589. The summed E-state index contributed by atoms with van der Waals surface area (Å²) in [6.45, 7) is 2.31. The van der Waals surface area contributed by atoms with Crippen LogP contribution in [0.2, 0.25) is 10.0 Å². The Kier molecular flexibility index (Phi) is 8.17. The molecule has 0 bridgehead atoms. The molecule has 0 saturated heterocycles. The van der Waals surface area contributed by atoms with Gasteiger partial charge in [-0.3, -0.25) is 9.59 Å². The number of halogens is 2. The van der Waals surface area contributed by atoms with Crippen molar-refractivity contribution in [1.29, 1.82) is 0 Å². The number of carbonyl (C=O) groups is 2. The summed E-state index contributed by atoms with van der Waals surface area (Å²) in [5.74, 6) is -0.150. The summed E-state index contributed by atoms with van der Waals surface area (Å²) in [5.41, 5.74) is 1.81. The third-order valence-corrected chi connectivity index (χ3v) is 6.13. The minimum Gasteiger partial charge on any atom is -0.352 e. The molecule has 1 aliphatic rings. The molecule has 0 heterocycles. The fourth-order valence-corrected chi connectivity index (χ4v) is 4.20. The van der Waals surface area contributed by atoms with Gasteiger partial charge in [0.25, 0.3) is 0 Å². The van der Waals surface area contributed by atoms with Crippen molar-refractivity contribution in [2.75, 3.05) is 0 Å². The number of amides is 2. The van der Waals surface area contributed by atoms with Crippen LogP contribution in [-0.4, -0.2) is 28.8 Å². The van der Waals surface area contributed by atoms with Crippen LogP contribution in [0, 0.1) is 0 Å². The zero-order chi connectivity index (χ0) is 21.5. The average Bonchev–Trinajstić information content (AvgIpc) is 3.24. The van der Waals surface area contributed by atoms with E-state index in [-0.39, 0.29) is 24.3 Å². The highest BCUT2D eigenvalue weighted by molar-refractivity contribution is 6.30. The highest BCUT2D eigenvalue weighted by atomic mass is 35.5. The zero-order valence-electron chi connectivity index (χ0n) is 17.2. The molecule has 2 aromatic rings. The highest BCUT2D eigenvalue weighted by Gasteiger charge is 2.30. The Hall–Kier alpha value is -2.04. The van der Waals surface area contributed by atoms with Crippen molar-refractivity contribution >= 4 is 35.0 Å². The molecule has 0 spiro atoms. The molecule has 1 fully saturated rings. The lowest BCUT2D eigenvalue weighted by atomic mass is 10.1. The van der Waals surface area contributed by atoms with E-state index in [2.05, 4.69) is 5.32 Å². The molecule has 0 aromatic heterocycles. The van der Waals surface area contributed by atoms with Crippen LogP contribution < -0.4 is 5.32 Å². The first-order valence-electron chi connectivity index (χ1n) is 10.5. The molecule has 160 valence electrons. The molecular formula is C24H28Cl2N2O2. The third-order valence-electron chi connectivity index (χ3n) is 5.62. The van der Waals surface area contributed by atoms with Crippen LogP contribution in [0.15, 0.2) is 48.5 Å². The van der Waals surface area contributed by atoms with Crippen LogP contribution in [0.4, 0.5) is 0 Å². The van der Waals surface area contributed by atoms with E-state index in [9.17, 15) is 9.59 Å². The lowest BCUT2D eigenvalue weighted by molar-refractivity contribution is -0.141. The van der Waals surface area contributed by atoms with Gasteiger partial charge in [-0.2, -0.15) is 0 Å². The molecule has 6 heteroatoms. The van der Waals surface area contributed by atoms with Gasteiger partial charge in [-0.05, 0) is 54.7 Å². The van der Waals surface area contributed by atoms with E-state index in [1.807, 2.05) is 31.2 Å². The van der Waals surface area contributed by atoms with Gasteiger partial charge in [0.15, 0.2) is 0 Å². The summed E-state index contributed by atoms with van der Waals surface area (Å²) in [5, 5.41) is 4.43. The summed E-state index contributed by atoms with van der Waals surface area (Å²) < 4.78 is 0. The maximum absolute atomic E-state index is 13.3. The minimum atomic E-state index is -0.513. The van der Waals surface area contributed by atoms with Crippen LogP contribution in [0.25, 0.3) is 0 Å².